The first-order valence-electron chi connectivity index (χ1n) is 16.8. The number of likely N-dealkylation sites (N-methyl/N-ethyl adjacent to an activating group) is 1. The largest absolute Gasteiger partial charge is 0.508 e. The van der Waals surface area contributed by atoms with Crippen molar-refractivity contribution in [1.29, 1.82) is 0 Å². The van der Waals surface area contributed by atoms with Gasteiger partial charge in [0.05, 0.1) is 44.6 Å². The van der Waals surface area contributed by atoms with E-state index in [1.807, 2.05) is 59.4 Å². The van der Waals surface area contributed by atoms with Gasteiger partial charge in [-0.1, -0.05) is 62.0 Å². The summed E-state index contributed by atoms with van der Waals surface area (Å²) in [7, 11) is 1.72. The number of aromatic hydroxyl groups is 1. The van der Waals surface area contributed by atoms with E-state index in [4.69, 9.17) is 9.84 Å². The molecule has 3 saturated heterocycles. The number of hydrogen-bond acceptors (Lipinski definition) is 8. The van der Waals surface area contributed by atoms with Crippen LogP contribution in [0, 0.1) is 0 Å². The molecule has 13 nitrogen and oxygen atoms in total. The molecule has 4 amide bonds. The van der Waals surface area contributed by atoms with Crippen LogP contribution < -0.4 is 5.32 Å². The highest BCUT2D eigenvalue weighted by molar-refractivity contribution is 5.92. The summed E-state index contributed by atoms with van der Waals surface area (Å²) in [6.07, 6.45) is 1.38. The van der Waals surface area contributed by atoms with Gasteiger partial charge in [0.1, 0.15) is 18.0 Å². The highest BCUT2D eigenvalue weighted by Crippen LogP contribution is 2.30. The van der Waals surface area contributed by atoms with E-state index in [0.29, 0.717) is 13.1 Å². The van der Waals surface area contributed by atoms with E-state index in [2.05, 4.69) is 10.2 Å². The number of piperazine rings is 1. The fourth-order valence-electron chi connectivity index (χ4n) is 7.10. The topological polar surface area (TPSA) is 127 Å². The van der Waals surface area contributed by atoms with Gasteiger partial charge in [-0.15, -0.1) is 0 Å². The van der Waals surface area contributed by atoms with Crippen LogP contribution in [0.25, 0.3) is 10.9 Å². The third-order valence-corrected chi connectivity index (χ3v) is 9.67. The van der Waals surface area contributed by atoms with E-state index in [1.54, 1.807) is 51.1 Å². The third kappa shape index (κ3) is 7.30. The van der Waals surface area contributed by atoms with E-state index in [1.165, 1.54) is 0 Å². The number of fused-ring (bicyclic) bond motifs is 2. The maximum atomic E-state index is 14.4. The molecule has 4 aromatic rings. The van der Waals surface area contributed by atoms with E-state index in [-0.39, 0.29) is 50.5 Å². The molecule has 2 N–H and O–H groups in total. The Bertz CT molecular complexity index is 1790. The minimum absolute atomic E-state index is 0. The van der Waals surface area contributed by atoms with Gasteiger partial charge < -0.3 is 25.0 Å². The van der Waals surface area contributed by atoms with Crippen LogP contribution in [0.2, 0.25) is 0 Å². The first-order valence-corrected chi connectivity index (χ1v) is 16.8. The lowest BCUT2D eigenvalue weighted by atomic mass is 9.98. The number of benzene rings is 3. The monoisotopic (exact) mass is 682 g/mol. The van der Waals surface area contributed by atoms with Crippen LogP contribution in [-0.2, 0) is 40.4 Å². The molecule has 7 rings (SSSR count). The summed E-state index contributed by atoms with van der Waals surface area (Å²) in [4.78, 5) is 47.6. The Balaban J connectivity index is 0.00000432. The van der Waals surface area contributed by atoms with Crippen LogP contribution in [0.15, 0.2) is 79.0 Å². The molecule has 0 spiro atoms. The van der Waals surface area contributed by atoms with Crippen molar-refractivity contribution >= 4 is 28.7 Å². The Morgan fingerprint density at radius 3 is 2.48 bits per heavy atom. The molecule has 50 heavy (non-hydrogen) atoms. The van der Waals surface area contributed by atoms with Gasteiger partial charge in [0.25, 0.3) is 0 Å². The van der Waals surface area contributed by atoms with Gasteiger partial charge in [0, 0.05) is 51.6 Å². The lowest BCUT2D eigenvalue weighted by Crippen LogP contribution is -2.76. The molecule has 2 atom stereocenters. The SMILES string of the molecule is C.CN1CC(=O)N2[C@@H](Cc3ccc(O)cc3)C(=O)N(Cc3cccc4c3cnn4CCN3CCOCC3)C[C@@H]2N1C(=O)NCc1ccccc1. The van der Waals surface area contributed by atoms with Crippen molar-refractivity contribution in [2.24, 2.45) is 0 Å². The van der Waals surface area contributed by atoms with Gasteiger partial charge in [-0.05, 0) is 34.9 Å². The quantitative estimate of drug-likeness (QED) is 0.276. The van der Waals surface area contributed by atoms with Gasteiger partial charge in [0.2, 0.25) is 11.8 Å². The van der Waals surface area contributed by atoms with Gasteiger partial charge in [0.15, 0.2) is 0 Å². The van der Waals surface area contributed by atoms with Crippen LogP contribution in [0.1, 0.15) is 24.1 Å². The molecular formula is C37H46N8O5. The van der Waals surface area contributed by atoms with Crippen LogP contribution in [0.4, 0.5) is 4.79 Å². The summed E-state index contributed by atoms with van der Waals surface area (Å²) >= 11 is 0. The maximum Gasteiger partial charge on any atom is 0.334 e. The van der Waals surface area contributed by atoms with Crippen molar-refractivity contribution in [2.75, 3.05) is 53.0 Å². The van der Waals surface area contributed by atoms with Crippen LogP contribution >= 0.6 is 0 Å². The number of phenols is 1. The molecule has 0 unspecified atom stereocenters. The molecule has 264 valence electrons. The Labute approximate surface area is 292 Å². The molecule has 0 saturated carbocycles. The van der Waals surface area contributed by atoms with Crippen LogP contribution in [0.5, 0.6) is 5.75 Å². The zero-order chi connectivity index (χ0) is 33.9. The second-order valence-corrected chi connectivity index (χ2v) is 12.9. The van der Waals surface area contributed by atoms with Crippen molar-refractivity contribution in [1.82, 2.24) is 39.8 Å². The maximum absolute atomic E-state index is 14.4. The molecule has 0 radical (unpaired) electrons. The third-order valence-electron chi connectivity index (χ3n) is 9.67. The van der Waals surface area contributed by atoms with Gasteiger partial charge in [-0.3, -0.25) is 19.2 Å². The van der Waals surface area contributed by atoms with Crippen LogP contribution in [0.3, 0.4) is 0 Å². The summed E-state index contributed by atoms with van der Waals surface area (Å²) < 4.78 is 7.50. The molecule has 3 aliphatic heterocycles. The molecule has 13 heteroatoms. The Morgan fingerprint density at radius 2 is 1.72 bits per heavy atom. The Morgan fingerprint density at radius 1 is 0.960 bits per heavy atom. The lowest BCUT2D eigenvalue weighted by Gasteiger charge is -2.54. The number of carbonyl (C=O) groups excluding carboxylic acids is 3. The number of hydrazine groups is 1. The minimum Gasteiger partial charge on any atom is -0.508 e. The van der Waals surface area contributed by atoms with E-state index in [0.717, 1.165) is 67.0 Å². The summed E-state index contributed by atoms with van der Waals surface area (Å²) in [6.45, 7) is 5.62. The highest BCUT2D eigenvalue weighted by Gasteiger charge is 2.50. The predicted octanol–water partition coefficient (Wildman–Crippen LogP) is 2.89. The number of morpholine rings is 1. The standard InChI is InChI=1S/C36H42N8O5.CH4/c1-39-25-34(46)43-32(20-26-10-12-29(45)13-11-26)35(47)41(24-33(43)44(39)36(48)37-21-27-6-3-2-4-7-27)23-28-8-5-9-31-30(28)22-38-42(31)15-14-40-16-18-49-19-17-40;/h2-13,22,32-33,45H,14-21,23-25H2,1H3,(H,37,48);1H4/t32-,33-;/m0./s1. The fourth-order valence-corrected chi connectivity index (χ4v) is 7.10. The number of phenolic OH excluding ortho intramolecular Hbond substituents is 1. The normalized spacial score (nSPS) is 20.1. The number of rotatable bonds is 9. The van der Waals surface area contributed by atoms with Gasteiger partial charge >= 0.3 is 6.03 Å². The number of ether oxygens (including phenoxy) is 1. The van der Waals surface area contributed by atoms with Gasteiger partial charge in [-0.25, -0.2) is 14.8 Å². The molecule has 0 bridgehead atoms. The van der Waals surface area contributed by atoms with Crippen molar-refractivity contribution < 1.29 is 24.2 Å². The number of aromatic nitrogens is 2. The molecule has 3 aromatic carbocycles. The number of nitrogens with one attached hydrogen (secondary N) is 1. The lowest BCUT2D eigenvalue weighted by molar-refractivity contribution is -0.187. The van der Waals surface area contributed by atoms with Crippen molar-refractivity contribution in [3.8, 4) is 5.75 Å². The smallest absolute Gasteiger partial charge is 0.334 e. The molecule has 3 aliphatic rings. The van der Waals surface area contributed by atoms with Crippen molar-refractivity contribution in [2.45, 2.75) is 45.7 Å². The fraction of sp³-hybridized carbons (Fsp3) is 0.405. The molecule has 1 aromatic heterocycles. The summed E-state index contributed by atoms with van der Waals surface area (Å²) in [5.74, 6) is -0.294. The molecule has 3 fully saturated rings. The Hall–Kier alpha value is -4.98. The number of amides is 4. The second kappa shape index (κ2) is 15.3. The Kier molecular flexibility index (Phi) is 10.7. The molecular weight excluding hydrogens is 636 g/mol. The molecule has 0 aliphatic carbocycles. The number of nitrogens with zero attached hydrogens (tertiary/aromatic N) is 7. The number of hydrogen-bond donors (Lipinski definition) is 2. The van der Waals surface area contributed by atoms with E-state index in [9.17, 15) is 19.5 Å². The predicted molar refractivity (Wildman–Crippen MR) is 189 cm³/mol. The first-order chi connectivity index (χ1) is 23.9. The van der Waals surface area contributed by atoms with Crippen LogP contribution in [-0.4, -0.2) is 123 Å². The highest BCUT2D eigenvalue weighted by atomic mass is 16.5. The number of urea groups is 1. The molecule has 4 heterocycles. The van der Waals surface area contributed by atoms with Gasteiger partial charge in [-0.2, -0.15) is 5.10 Å². The summed E-state index contributed by atoms with van der Waals surface area (Å²) in [6, 6.07) is 21.2. The average Bonchev–Trinajstić information content (AvgIpc) is 3.54. The van der Waals surface area contributed by atoms with Crippen molar-refractivity contribution in [3.05, 3.63) is 95.7 Å². The zero-order valence-electron chi connectivity index (χ0n) is 27.6. The zero-order valence-corrected chi connectivity index (χ0v) is 27.6. The van der Waals surface area contributed by atoms with Crippen molar-refractivity contribution in [3.63, 3.8) is 0 Å². The first kappa shape index (κ1) is 34.9. The van der Waals surface area contributed by atoms with E-state index >= 15 is 0 Å². The summed E-state index contributed by atoms with van der Waals surface area (Å²) in [5.41, 5.74) is 3.68. The van der Waals surface area contributed by atoms with E-state index < -0.39 is 12.2 Å². The second-order valence-electron chi connectivity index (χ2n) is 12.9. The summed E-state index contributed by atoms with van der Waals surface area (Å²) in [5, 5.41) is 21.8. The average molecular weight is 683 g/mol. The minimum atomic E-state index is -0.843. The number of carbonyl (C=O) groups is 3.